The first-order valence-electron chi connectivity index (χ1n) is 8.16. The minimum atomic E-state index is -1.57. The van der Waals surface area contributed by atoms with E-state index in [4.69, 9.17) is 0 Å². The summed E-state index contributed by atoms with van der Waals surface area (Å²) in [4.78, 5) is 15.5. The Morgan fingerprint density at radius 1 is 1.07 bits per heavy atom. The maximum Gasteiger partial charge on any atom is 0.274 e. The van der Waals surface area contributed by atoms with Crippen LogP contribution < -0.4 is 10.9 Å². The van der Waals surface area contributed by atoms with Crippen LogP contribution in [0.1, 0.15) is 16.7 Å². The highest BCUT2D eigenvalue weighted by molar-refractivity contribution is 5.60. The number of hydrogen-bond donors (Lipinski definition) is 2. The van der Waals surface area contributed by atoms with Crippen molar-refractivity contribution in [3.63, 3.8) is 0 Å². The van der Waals surface area contributed by atoms with Crippen molar-refractivity contribution < 1.29 is 22.7 Å². The number of aliphatic hydroxyl groups excluding tert-OH is 1. The average molecular weight is 393 g/mol. The summed E-state index contributed by atoms with van der Waals surface area (Å²) in [5.41, 5.74) is 0.446. The van der Waals surface area contributed by atoms with Crippen molar-refractivity contribution in [2.24, 2.45) is 0 Å². The highest BCUT2D eigenvalue weighted by Crippen LogP contribution is 2.24. The molecule has 0 amide bonds. The molecule has 146 valence electrons. The van der Waals surface area contributed by atoms with E-state index in [2.05, 4.69) is 10.3 Å². The lowest BCUT2D eigenvalue weighted by atomic mass is 10.1. The van der Waals surface area contributed by atoms with E-state index in [1.807, 2.05) is 0 Å². The summed E-state index contributed by atoms with van der Waals surface area (Å²) in [7, 11) is 0. The van der Waals surface area contributed by atoms with E-state index < -0.39 is 35.4 Å². The van der Waals surface area contributed by atoms with Gasteiger partial charge in [0.15, 0.2) is 17.5 Å². The molecule has 0 saturated carbocycles. The fraction of sp³-hybridized carbons (Fsp3) is 0.158. The molecule has 0 aliphatic carbocycles. The Kier molecular flexibility index (Phi) is 5.46. The molecule has 0 bridgehead atoms. The third-order valence-electron chi connectivity index (χ3n) is 4.09. The van der Waals surface area contributed by atoms with Crippen LogP contribution in [0.25, 0.3) is 0 Å². The Morgan fingerprint density at radius 2 is 1.75 bits per heavy atom. The molecule has 3 rings (SSSR count). The number of aliphatic hydroxyl groups is 1. The molecule has 0 unspecified atom stereocenters. The highest BCUT2D eigenvalue weighted by Gasteiger charge is 2.13. The summed E-state index contributed by atoms with van der Waals surface area (Å²) in [5.74, 6) is -4.79. The summed E-state index contributed by atoms with van der Waals surface area (Å²) in [6.45, 7) is 0.976. The zero-order valence-electron chi connectivity index (χ0n) is 14.6. The van der Waals surface area contributed by atoms with E-state index >= 15 is 0 Å². The lowest BCUT2D eigenvalue weighted by molar-refractivity contribution is 0.276. The number of rotatable bonds is 5. The van der Waals surface area contributed by atoms with Crippen LogP contribution in [-0.4, -0.2) is 14.7 Å². The van der Waals surface area contributed by atoms with Gasteiger partial charge in [-0.3, -0.25) is 4.79 Å². The smallest absolute Gasteiger partial charge is 0.274 e. The number of hydrogen-bond acceptors (Lipinski definition) is 4. The minimum absolute atomic E-state index is 0.0243. The summed E-state index contributed by atoms with van der Waals surface area (Å²) in [5, 5.41) is 12.1. The number of anilines is 2. The van der Waals surface area contributed by atoms with Gasteiger partial charge in [-0.2, -0.15) is 4.98 Å². The second-order valence-corrected chi connectivity index (χ2v) is 6.13. The van der Waals surface area contributed by atoms with Gasteiger partial charge in [-0.15, -0.1) is 0 Å². The standard InChI is InChI=1S/C19H15F4N3O2/c1-10-4-13(20)12(9-27)7-16(10)24-19-25-17(28)2-3-26(19)8-11-5-14(21)18(23)15(22)6-11/h2-7,27H,8-9H2,1H3,(H,24,25,28). The molecule has 2 N–H and O–H groups in total. The van der Waals surface area contributed by atoms with Gasteiger partial charge in [-0.25, -0.2) is 17.6 Å². The first-order chi connectivity index (χ1) is 13.3. The molecule has 1 aromatic heterocycles. The molecule has 2 aromatic carbocycles. The first-order valence-corrected chi connectivity index (χ1v) is 8.16. The third kappa shape index (κ3) is 4.04. The molecule has 1 heterocycles. The van der Waals surface area contributed by atoms with E-state index in [1.165, 1.54) is 22.9 Å². The normalized spacial score (nSPS) is 10.9. The molecule has 28 heavy (non-hydrogen) atoms. The van der Waals surface area contributed by atoms with E-state index in [1.54, 1.807) is 6.92 Å². The largest absolute Gasteiger partial charge is 0.392 e. The number of aryl methyl sites for hydroxylation is 1. The Hall–Kier alpha value is -3.20. The first kappa shape index (κ1) is 19.6. The van der Waals surface area contributed by atoms with Crippen LogP contribution in [0, 0.1) is 30.2 Å². The minimum Gasteiger partial charge on any atom is -0.392 e. The summed E-state index contributed by atoms with van der Waals surface area (Å²) in [6.07, 6.45) is 1.35. The van der Waals surface area contributed by atoms with Crippen LogP contribution in [0.2, 0.25) is 0 Å². The van der Waals surface area contributed by atoms with Crippen molar-refractivity contribution in [1.29, 1.82) is 0 Å². The molecule has 0 aliphatic heterocycles. The fourth-order valence-electron chi connectivity index (χ4n) is 2.65. The molecule has 0 spiro atoms. The zero-order valence-corrected chi connectivity index (χ0v) is 14.6. The SMILES string of the molecule is Cc1cc(F)c(CO)cc1Nc1nc(=O)ccn1Cc1cc(F)c(F)c(F)c1. The molecule has 3 aromatic rings. The summed E-state index contributed by atoms with van der Waals surface area (Å²) in [6, 6.07) is 5.41. The Balaban J connectivity index is 1.99. The predicted octanol–water partition coefficient (Wildman–Crippen LogP) is 3.39. The molecule has 9 heteroatoms. The lowest BCUT2D eigenvalue weighted by Crippen LogP contribution is -2.16. The molecule has 0 fully saturated rings. The maximum atomic E-state index is 13.7. The third-order valence-corrected chi connectivity index (χ3v) is 4.09. The van der Waals surface area contributed by atoms with Gasteiger partial charge in [-0.05, 0) is 42.3 Å². The number of halogens is 4. The van der Waals surface area contributed by atoms with E-state index in [0.29, 0.717) is 11.3 Å². The lowest BCUT2D eigenvalue weighted by Gasteiger charge is -2.16. The Morgan fingerprint density at radius 3 is 2.39 bits per heavy atom. The van der Waals surface area contributed by atoms with Crippen molar-refractivity contribution in [2.45, 2.75) is 20.1 Å². The van der Waals surface area contributed by atoms with Crippen molar-refractivity contribution in [3.05, 3.63) is 86.8 Å². The molecule has 5 nitrogen and oxygen atoms in total. The van der Waals surface area contributed by atoms with Crippen LogP contribution in [0.3, 0.4) is 0 Å². The quantitative estimate of drug-likeness (QED) is 0.515. The number of aromatic nitrogens is 2. The zero-order chi connectivity index (χ0) is 20.4. The van der Waals surface area contributed by atoms with Gasteiger partial charge < -0.3 is 15.0 Å². The molecular formula is C19H15F4N3O2. The Bertz CT molecular complexity index is 1080. The summed E-state index contributed by atoms with van der Waals surface area (Å²) >= 11 is 0. The van der Waals surface area contributed by atoms with Crippen LogP contribution >= 0.6 is 0 Å². The monoisotopic (exact) mass is 393 g/mol. The topological polar surface area (TPSA) is 67.2 Å². The molecular weight excluding hydrogens is 378 g/mol. The van der Waals surface area contributed by atoms with Crippen LogP contribution in [-0.2, 0) is 13.2 Å². The number of benzene rings is 2. The van der Waals surface area contributed by atoms with Gasteiger partial charge in [0.2, 0.25) is 5.95 Å². The van der Waals surface area contributed by atoms with E-state index in [0.717, 1.165) is 18.2 Å². The summed E-state index contributed by atoms with van der Waals surface area (Å²) < 4.78 is 55.2. The fourth-order valence-corrected chi connectivity index (χ4v) is 2.65. The van der Waals surface area contributed by atoms with Gasteiger partial charge in [0.25, 0.3) is 5.56 Å². The van der Waals surface area contributed by atoms with Crippen LogP contribution in [0.5, 0.6) is 0 Å². The molecule has 0 aliphatic rings. The van der Waals surface area contributed by atoms with E-state index in [9.17, 15) is 27.5 Å². The number of nitrogens with zero attached hydrogens (tertiary/aromatic N) is 2. The van der Waals surface area contributed by atoms with Crippen molar-refractivity contribution >= 4 is 11.6 Å². The number of nitrogens with one attached hydrogen (secondary N) is 1. The van der Waals surface area contributed by atoms with Crippen molar-refractivity contribution in [3.8, 4) is 0 Å². The predicted molar refractivity (Wildman–Crippen MR) is 94.3 cm³/mol. The Labute approximate surface area is 156 Å². The van der Waals surface area contributed by atoms with Crippen molar-refractivity contribution in [2.75, 3.05) is 5.32 Å². The van der Waals surface area contributed by atoms with Gasteiger partial charge in [-0.1, -0.05) is 0 Å². The van der Waals surface area contributed by atoms with Gasteiger partial charge in [0.1, 0.15) is 5.82 Å². The van der Waals surface area contributed by atoms with E-state index in [-0.39, 0.29) is 23.6 Å². The van der Waals surface area contributed by atoms with Gasteiger partial charge >= 0.3 is 0 Å². The molecule has 0 atom stereocenters. The second-order valence-electron chi connectivity index (χ2n) is 6.13. The van der Waals surface area contributed by atoms with Crippen LogP contribution in [0.4, 0.5) is 29.2 Å². The van der Waals surface area contributed by atoms with Crippen molar-refractivity contribution in [1.82, 2.24) is 9.55 Å². The van der Waals surface area contributed by atoms with Crippen LogP contribution in [0.15, 0.2) is 41.3 Å². The van der Waals surface area contributed by atoms with Gasteiger partial charge in [0.05, 0.1) is 13.2 Å². The molecule has 0 saturated heterocycles. The molecule has 0 radical (unpaired) electrons. The van der Waals surface area contributed by atoms with Gasteiger partial charge in [0, 0.05) is 23.5 Å². The maximum absolute atomic E-state index is 13.7. The highest BCUT2D eigenvalue weighted by atomic mass is 19.2. The average Bonchev–Trinajstić information content (AvgIpc) is 2.64. The second kappa shape index (κ2) is 7.81.